The van der Waals surface area contributed by atoms with E-state index in [2.05, 4.69) is 4.98 Å². The van der Waals surface area contributed by atoms with E-state index in [-0.39, 0.29) is 35.4 Å². The summed E-state index contributed by atoms with van der Waals surface area (Å²) in [6.07, 6.45) is -2.78. The number of hydrogen-bond donors (Lipinski definition) is 0. The van der Waals surface area contributed by atoms with Crippen LogP contribution in [0.15, 0.2) is 42.6 Å². The normalized spacial score (nSPS) is 11.9. The van der Waals surface area contributed by atoms with E-state index >= 15 is 0 Å². The number of hydrogen-bond acceptors (Lipinski definition) is 5. The fourth-order valence-corrected chi connectivity index (χ4v) is 2.00. The molecule has 0 unspecified atom stereocenters. The molecule has 0 saturated heterocycles. The number of esters is 1. The zero-order valence-electron chi connectivity index (χ0n) is 15.0. The van der Waals surface area contributed by atoms with Gasteiger partial charge in [-0.15, -0.1) is 0 Å². The van der Waals surface area contributed by atoms with Crippen LogP contribution in [0, 0.1) is 0 Å². The van der Waals surface area contributed by atoms with Crippen LogP contribution < -0.4 is 9.47 Å². The third-order valence-corrected chi connectivity index (χ3v) is 3.50. The molecule has 1 atom stereocenters. The van der Waals surface area contributed by atoms with Gasteiger partial charge >= 0.3 is 41.7 Å². The van der Waals surface area contributed by atoms with Crippen molar-refractivity contribution in [2.24, 2.45) is 0 Å². The van der Waals surface area contributed by atoms with Crippen LogP contribution in [0.2, 0.25) is 0 Å². The van der Waals surface area contributed by atoms with Gasteiger partial charge in [0.1, 0.15) is 11.5 Å². The zero-order valence-corrected chi connectivity index (χ0v) is 15.0. The van der Waals surface area contributed by atoms with E-state index < -0.39 is 23.8 Å². The van der Waals surface area contributed by atoms with Gasteiger partial charge in [0, 0.05) is 12.3 Å². The Morgan fingerprint density at radius 1 is 1.11 bits per heavy atom. The van der Waals surface area contributed by atoms with Gasteiger partial charge in [0.05, 0.1) is 12.2 Å². The Morgan fingerprint density at radius 2 is 1.75 bits per heavy atom. The van der Waals surface area contributed by atoms with Gasteiger partial charge in [0.25, 0.3) is 0 Å². The zero-order chi connectivity index (χ0) is 19.9. The van der Waals surface area contributed by atoms with Gasteiger partial charge in [0.2, 0.25) is 5.88 Å². The van der Waals surface area contributed by atoms with Crippen molar-refractivity contribution in [1.29, 1.82) is 0 Å². The number of nitrogens with zero attached hydrogens (tertiary/aromatic N) is 1. The van der Waals surface area contributed by atoms with E-state index in [4.69, 9.17) is 14.2 Å². The van der Waals surface area contributed by atoms with E-state index in [1.807, 2.05) is 6.92 Å². The first-order valence-electron chi connectivity index (χ1n) is 8.44. The topological polar surface area (TPSA) is 57.7 Å². The molecule has 0 amide bonds. The molecule has 0 spiro atoms. The predicted molar refractivity (Wildman–Crippen MR) is 98.9 cm³/mol. The molecule has 0 fully saturated rings. The van der Waals surface area contributed by atoms with Gasteiger partial charge in [-0.25, -0.2) is 9.78 Å². The van der Waals surface area contributed by atoms with Gasteiger partial charge < -0.3 is 14.2 Å². The summed E-state index contributed by atoms with van der Waals surface area (Å²) >= 11 is 0. The number of halogens is 3. The Bertz CT molecular complexity index is 736. The van der Waals surface area contributed by atoms with Crippen LogP contribution in [0.3, 0.4) is 0 Å². The summed E-state index contributed by atoms with van der Waals surface area (Å²) < 4.78 is 53.5. The second-order valence-corrected chi connectivity index (χ2v) is 5.74. The number of benzene rings is 1. The van der Waals surface area contributed by atoms with Crippen LogP contribution in [-0.2, 0) is 15.7 Å². The molecule has 0 bridgehead atoms. The molecule has 0 aliphatic rings. The summed E-state index contributed by atoms with van der Waals surface area (Å²) in [5.74, 6) is 0.387. The summed E-state index contributed by atoms with van der Waals surface area (Å²) in [5.41, 5.74) is -0.849. The number of aromatic nitrogens is 1. The molecule has 1 heterocycles. The van der Waals surface area contributed by atoms with Crippen molar-refractivity contribution in [1.82, 2.24) is 4.98 Å². The molecule has 148 valence electrons. The molecular weight excluding hydrogens is 386 g/mol. The fourth-order valence-electron chi connectivity index (χ4n) is 2.00. The van der Waals surface area contributed by atoms with E-state index in [9.17, 15) is 18.0 Å². The van der Waals surface area contributed by atoms with Crippen LogP contribution in [-0.4, -0.2) is 53.2 Å². The maximum absolute atomic E-state index is 12.5. The van der Waals surface area contributed by atoms with E-state index in [1.54, 1.807) is 31.2 Å². The molecule has 2 rings (SSSR count). The first-order valence-corrected chi connectivity index (χ1v) is 8.44. The Hall–Kier alpha value is -1.77. The molecule has 0 aliphatic carbocycles. The number of carbonyl (C=O) groups is 1. The molecule has 2 aromatic rings. The van der Waals surface area contributed by atoms with Crippen LogP contribution >= 0.6 is 0 Å². The molecule has 1 aromatic carbocycles. The van der Waals surface area contributed by atoms with Crippen molar-refractivity contribution in [3.8, 4) is 17.4 Å². The summed E-state index contributed by atoms with van der Waals surface area (Å²) in [4.78, 5) is 15.4. The number of ether oxygens (including phenoxy) is 3. The predicted octanol–water partition coefficient (Wildman–Crippen LogP) is 4.35. The molecule has 28 heavy (non-hydrogen) atoms. The Balaban J connectivity index is 0.00000392. The minimum absolute atomic E-state index is 0. The second kappa shape index (κ2) is 11.3. The third-order valence-electron chi connectivity index (χ3n) is 3.50. The van der Waals surface area contributed by atoms with E-state index in [0.717, 1.165) is 25.0 Å². The number of unbranched alkanes of at least 4 members (excludes halogenated alkanes) is 1. The van der Waals surface area contributed by atoms with Gasteiger partial charge in [-0.1, -0.05) is 13.3 Å². The SMILES string of the molecule is CCCCOC(=O)[C@@H](C)Oc1ccc(Oc2ccc(C(F)(F)F)cn2)cc1.[NaH]. The summed E-state index contributed by atoms with van der Waals surface area (Å²) in [6.45, 7) is 3.94. The summed E-state index contributed by atoms with van der Waals surface area (Å²) in [6, 6.07) is 8.31. The van der Waals surface area contributed by atoms with Gasteiger partial charge in [-0.2, -0.15) is 13.2 Å². The van der Waals surface area contributed by atoms with Crippen LogP contribution in [0.5, 0.6) is 17.4 Å². The first kappa shape index (κ1) is 24.3. The molecule has 0 radical (unpaired) electrons. The number of carbonyl (C=O) groups excluding carboxylic acids is 1. The Kier molecular flexibility index (Phi) is 9.78. The molecule has 9 heteroatoms. The number of pyridine rings is 1. The van der Waals surface area contributed by atoms with Gasteiger partial charge in [-0.3, -0.25) is 0 Å². The standard InChI is InChI=1S/C19H20F3NO4.Na.H/c1-3-4-11-25-18(24)13(2)26-15-6-8-16(9-7-15)27-17-10-5-14(12-23-17)19(20,21)22;;/h5-10,12-13H,3-4,11H2,1-2H3;;/t13-;;/m1../s1. The van der Waals surface area contributed by atoms with Crippen molar-refractivity contribution in [2.75, 3.05) is 6.61 Å². The quantitative estimate of drug-likeness (QED) is 0.370. The third kappa shape index (κ3) is 7.69. The summed E-state index contributed by atoms with van der Waals surface area (Å²) in [7, 11) is 0. The monoisotopic (exact) mass is 407 g/mol. The Labute approximate surface area is 183 Å². The Morgan fingerprint density at radius 3 is 2.29 bits per heavy atom. The number of rotatable bonds is 8. The van der Waals surface area contributed by atoms with Gasteiger partial charge in [0.15, 0.2) is 6.10 Å². The van der Waals surface area contributed by atoms with Crippen molar-refractivity contribution < 1.29 is 32.2 Å². The van der Waals surface area contributed by atoms with Crippen molar-refractivity contribution in [2.45, 2.75) is 39.0 Å². The molecule has 5 nitrogen and oxygen atoms in total. The van der Waals surface area contributed by atoms with Crippen LogP contribution in [0.4, 0.5) is 13.2 Å². The summed E-state index contributed by atoms with van der Waals surface area (Å²) in [5, 5.41) is 0. The van der Waals surface area contributed by atoms with E-state index in [1.165, 1.54) is 0 Å². The first-order chi connectivity index (χ1) is 12.8. The molecule has 0 aliphatic heterocycles. The second-order valence-electron chi connectivity index (χ2n) is 5.74. The average Bonchev–Trinajstić information content (AvgIpc) is 2.63. The fraction of sp³-hybridized carbons (Fsp3) is 0.368. The molecule has 1 aromatic heterocycles. The average molecular weight is 407 g/mol. The van der Waals surface area contributed by atoms with Crippen LogP contribution in [0.1, 0.15) is 32.3 Å². The molecular formula is C19H21F3NNaO4. The van der Waals surface area contributed by atoms with Gasteiger partial charge in [-0.05, 0) is 43.7 Å². The number of alkyl halides is 3. The van der Waals surface area contributed by atoms with E-state index in [0.29, 0.717) is 24.3 Å². The maximum atomic E-state index is 12.5. The van der Waals surface area contributed by atoms with Crippen molar-refractivity contribution in [3.05, 3.63) is 48.2 Å². The van der Waals surface area contributed by atoms with Crippen molar-refractivity contribution in [3.63, 3.8) is 0 Å². The molecule has 0 saturated carbocycles. The van der Waals surface area contributed by atoms with Crippen molar-refractivity contribution >= 4 is 35.5 Å². The van der Waals surface area contributed by atoms with Crippen LogP contribution in [0.25, 0.3) is 0 Å². The molecule has 0 N–H and O–H groups in total. The minimum atomic E-state index is -4.45.